The van der Waals surface area contributed by atoms with Gasteiger partial charge in [-0.15, -0.1) is 24.0 Å². The number of hydrogen-bond acceptors (Lipinski definition) is 3. The molecule has 6 heteroatoms. The molecule has 0 aliphatic carbocycles. The Labute approximate surface area is 169 Å². The van der Waals surface area contributed by atoms with Crippen molar-refractivity contribution in [1.82, 2.24) is 15.1 Å². The third-order valence-electron chi connectivity index (χ3n) is 4.70. The van der Waals surface area contributed by atoms with E-state index in [1.54, 1.807) is 6.07 Å². The van der Waals surface area contributed by atoms with Crippen LogP contribution in [0.3, 0.4) is 0 Å². The summed E-state index contributed by atoms with van der Waals surface area (Å²) < 4.78 is 0. The van der Waals surface area contributed by atoms with E-state index in [0.29, 0.717) is 11.8 Å². The minimum atomic E-state index is 0. The zero-order valence-electron chi connectivity index (χ0n) is 15.7. The Morgan fingerprint density at radius 1 is 1.32 bits per heavy atom. The lowest BCUT2D eigenvalue weighted by molar-refractivity contribution is 0.223. The van der Waals surface area contributed by atoms with Gasteiger partial charge in [-0.2, -0.15) is 0 Å². The van der Waals surface area contributed by atoms with Crippen molar-refractivity contribution in [2.24, 2.45) is 4.99 Å². The quantitative estimate of drug-likeness (QED) is 0.373. The van der Waals surface area contributed by atoms with E-state index in [4.69, 9.17) is 4.99 Å². The molecule has 1 aromatic rings. The predicted octanol–water partition coefficient (Wildman–Crippen LogP) is 2.93. The molecule has 2 rings (SSSR count). The van der Waals surface area contributed by atoms with Crippen LogP contribution in [0, 0.1) is 0 Å². The topological polar surface area (TPSA) is 51.1 Å². The predicted molar refractivity (Wildman–Crippen MR) is 116 cm³/mol. The Balaban J connectivity index is 0.00000312. The molecule has 1 fully saturated rings. The van der Waals surface area contributed by atoms with E-state index in [9.17, 15) is 5.11 Å². The van der Waals surface area contributed by atoms with Crippen molar-refractivity contribution >= 4 is 29.9 Å². The number of phenols is 1. The van der Waals surface area contributed by atoms with Gasteiger partial charge in [0.05, 0.1) is 0 Å². The van der Waals surface area contributed by atoms with E-state index in [-0.39, 0.29) is 24.0 Å². The average Bonchev–Trinajstić information content (AvgIpc) is 3.05. The van der Waals surface area contributed by atoms with Crippen molar-refractivity contribution in [3.05, 3.63) is 29.8 Å². The van der Waals surface area contributed by atoms with Gasteiger partial charge in [0.1, 0.15) is 5.75 Å². The maximum atomic E-state index is 9.55. The third kappa shape index (κ3) is 6.66. The fraction of sp³-hybridized carbons (Fsp3) is 0.632. The summed E-state index contributed by atoms with van der Waals surface area (Å²) in [6.07, 6.45) is 2.05. The summed E-state index contributed by atoms with van der Waals surface area (Å²) in [7, 11) is 0. The number of phenolic OH excluding ortho intramolecular Hbond substituents is 1. The first-order chi connectivity index (χ1) is 11.7. The first-order valence-corrected chi connectivity index (χ1v) is 9.23. The summed E-state index contributed by atoms with van der Waals surface area (Å²) in [5.41, 5.74) is 1.12. The lowest BCUT2D eigenvalue weighted by Crippen LogP contribution is -2.43. The molecule has 1 heterocycles. The fourth-order valence-electron chi connectivity index (χ4n) is 3.40. The minimum absolute atomic E-state index is 0. The van der Waals surface area contributed by atoms with E-state index < -0.39 is 0 Å². The molecule has 0 amide bonds. The van der Waals surface area contributed by atoms with E-state index in [2.05, 4.69) is 35.9 Å². The van der Waals surface area contributed by atoms with Gasteiger partial charge in [0.25, 0.3) is 0 Å². The first kappa shape index (κ1) is 22.0. The molecule has 1 aliphatic rings. The minimum Gasteiger partial charge on any atom is -0.508 e. The monoisotopic (exact) mass is 460 g/mol. The summed E-state index contributed by atoms with van der Waals surface area (Å²) in [4.78, 5) is 9.72. The van der Waals surface area contributed by atoms with Crippen LogP contribution in [0.1, 0.15) is 32.8 Å². The number of rotatable bonds is 7. The van der Waals surface area contributed by atoms with Crippen LogP contribution in [0.4, 0.5) is 0 Å². The second-order valence-electron chi connectivity index (χ2n) is 6.27. The molecule has 0 saturated carbocycles. The van der Waals surface area contributed by atoms with Gasteiger partial charge in [-0.25, -0.2) is 0 Å². The highest BCUT2D eigenvalue weighted by atomic mass is 127. The van der Waals surface area contributed by atoms with Crippen LogP contribution in [0.2, 0.25) is 0 Å². The number of aliphatic imine (C=N–C) groups is 1. The molecular formula is C19H33IN4O. The van der Waals surface area contributed by atoms with E-state index in [1.165, 1.54) is 6.42 Å². The number of benzene rings is 1. The number of nitrogens with one attached hydrogen (secondary N) is 1. The summed E-state index contributed by atoms with van der Waals surface area (Å²) in [5, 5.41) is 13.0. The summed E-state index contributed by atoms with van der Waals surface area (Å²) in [6, 6.07) is 8.07. The Bertz CT molecular complexity index is 534. The Kier molecular flexibility index (Phi) is 10.2. The van der Waals surface area contributed by atoms with Gasteiger partial charge in [0.15, 0.2) is 5.96 Å². The fourth-order valence-corrected chi connectivity index (χ4v) is 3.40. The van der Waals surface area contributed by atoms with Gasteiger partial charge in [0, 0.05) is 32.2 Å². The van der Waals surface area contributed by atoms with Crippen molar-refractivity contribution < 1.29 is 5.11 Å². The van der Waals surface area contributed by atoms with Crippen molar-refractivity contribution in [3.63, 3.8) is 0 Å². The number of guanidine groups is 1. The molecule has 1 aromatic carbocycles. The van der Waals surface area contributed by atoms with Crippen LogP contribution in [0.25, 0.3) is 0 Å². The Morgan fingerprint density at radius 3 is 2.72 bits per heavy atom. The normalized spacial score (nSPS) is 17.7. The Morgan fingerprint density at radius 2 is 2.08 bits per heavy atom. The molecule has 1 aliphatic heterocycles. The summed E-state index contributed by atoms with van der Waals surface area (Å²) in [6.45, 7) is 12.6. The molecule has 0 radical (unpaired) electrons. The number of nitrogens with zero attached hydrogens (tertiary/aromatic N) is 3. The number of halogens is 1. The maximum Gasteiger partial charge on any atom is 0.193 e. The van der Waals surface area contributed by atoms with Gasteiger partial charge < -0.3 is 15.3 Å². The molecule has 2 N–H and O–H groups in total. The van der Waals surface area contributed by atoms with Crippen LogP contribution < -0.4 is 5.32 Å². The van der Waals surface area contributed by atoms with Crippen LogP contribution in [-0.2, 0) is 6.42 Å². The largest absolute Gasteiger partial charge is 0.508 e. The van der Waals surface area contributed by atoms with Gasteiger partial charge in [-0.1, -0.05) is 26.0 Å². The highest BCUT2D eigenvalue weighted by Crippen LogP contribution is 2.16. The molecule has 1 unspecified atom stereocenters. The lowest BCUT2D eigenvalue weighted by atomic mass is 10.1. The van der Waals surface area contributed by atoms with Crippen LogP contribution in [-0.4, -0.2) is 66.2 Å². The number of aromatic hydroxyl groups is 1. The number of likely N-dealkylation sites (N-methyl/N-ethyl adjacent to an activating group) is 1. The van der Waals surface area contributed by atoms with Gasteiger partial charge >= 0.3 is 0 Å². The second kappa shape index (κ2) is 11.6. The van der Waals surface area contributed by atoms with E-state index >= 15 is 0 Å². The zero-order valence-corrected chi connectivity index (χ0v) is 18.1. The molecule has 0 spiro atoms. The molecule has 25 heavy (non-hydrogen) atoms. The molecule has 142 valence electrons. The summed E-state index contributed by atoms with van der Waals surface area (Å²) in [5.74, 6) is 1.34. The molecular weight excluding hydrogens is 427 g/mol. The zero-order chi connectivity index (χ0) is 17.4. The maximum absolute atomic E-state index is 9.55. The van der Waals surface area contributed by atoms with E-state index in [0.717, 1.165) is 57.2 Å². The van der Waals surface area contributed by atoms with Crippen molar-refractivity contribution in [3.8, 4) is 5.75 Å². The smallest absolute Gasteiger partial charge is 0.193 e. The van der Waals surface area contributed by atoms with Crippen LogP contribution in [0.15, 0.2) is 29.3 Å². The highest BCUT2D eigenvalue weighted by Gasteiger charge is 2.27. The lowest BCUT2D eigenvalue weighted by Gasteiger charge is -2.27. The van der Waals surface area contributed by atoms with Crippen LogP contribution in [0.5, 0.6) is 5.75 Å². The van der Waals surface area contributed by atoms with Gasteiger partial charge in [-0.3, -0.25) is 9.89 Å². The molecule has 1 saturated heterocycles. The average molecular weight is 460 g/mol. The molecule has 5 nitrogen and oxygen atoms in total. The van der Waals surface area contributed by atoms with Gasteiger partial charge in [0.2, 0.25) is 0 Å². The highest BCUT2D eigenvalue weighted by molar-refractivity contribution is 14.0. The Hall–Kier alpha value is -1.02. The third-order valence-corrected chi connectivity index (χ3v) is 4.70. The van der Waals surface area contributed by atoms with Crippen LogP contribution >= 0.6 is 24.0 Å². The SMILES string of the molecule is CCNC(=NCCc1cccc(O)c1)N1CCC(N(CC)CC)C1.I. The van der Waals surface area contributed by atoms with Gasteiger partial charge in [-0.05, 0) is 50.6 Å². The molecule has 0 aromatic heterocycles. The first-order valence-electron chi connectivity index (χ1n) is 9.23. The van der Waals surface area contributed by atoms with Crippen molar-refractivity contribution in [1.29, 1.82) is 0 Å². The summed E-state index contributed by atoms with van der Waals surface area (Å²) >= 11 is 0. The van der Waals surface area contributed by atoms with Crippen molar-refractivity contribution in [2.75, 3.05) is 39.3 Å². The second-order valence-corrected chi connectivity index (χ2v) is 6.27. The molecule has 0 bridgehead atoms. The standard InChI is InChI=1S/C19H32N4O.HI/c1-4-20-19(21-12-10-16-8-7-9-18(24)14-16)23-13-11-17(15-23)22(5-2)6-3;/h7-9,14,17,24H,4-6,10-13,15H2,1-3H3,(H,20,21);1H. The van der Waals surface area contributed by atoms with E-state index in [1.807, 2.05) is 18.2 Å². The molecule has 1 atom stereocenters. The number of likely N-dealkylation sites (tertiary alicyclic amines) is 1. The number of hydrogen-bond donors (Lipinski definition) is 2. The van der Waals surface area contributed by atoms with Crippen molar-refractivity contribution in [2.45, 2.75) is 39.7 Å².